The summed E-state index contributed by atoms with van der Waals surface area (Å²) in [4.78, 5) is 4.36. The van der Waals surface area contributed by atoms with E-state index in [0.717, 1.165) is 25.7 Å². The summed E-state index contributed by atoms with van der Waals surface area (Å²) in [5.74, 6) is 0.495. The molecular weight excluding hydrogens is 462 g/mol. The number of sulfonamides is 2. The van der Waals surface area contributed by atoms with Gasteiger partial charge in [-0.25, -0.2) is 16.8 Å². The highest BCUT2D eigenvalue weighted by Gasteiger charge is 2.29. The van der Waals surface area contributed by atoms with E-state index in [2.05, 4.69) is 4.98 Å². The molecule has 1 aliphatic rings. The van der Waals surface area contributed by atoms with Gasteiger partial charge >= 0.3 is 0 Å². The quantitative estimate of drug-likeness (QED) is 0.479. The van der Waals surface area contributed by atoms with Gasteiger partial charge in [0.25, 0.3) is 0 Å². The van der Waals surface area contributed by atoms with Crippen LogP contribution in [0.15, 0.2) is 81.3 Å². The first-order valence-electron chi connectivity index (χ1n) is 10.9. The van der Waals surface area contributed by atoms with Gasteiger partial charge in [0.1, 0.15) is 5.76 Å². The number of nitrogens with zero attached hydrogens (tertiary/aromatic N) is 3. The number of pyridine rings is 1. The van der Waals surface area contributed by atoms with Gasteiger partial charge in [0, 0.05) is 19.3 Å². The molecule has 3 aromatic rings. The van der Waals surface area contributed by atoms with Gasteiger partial charge in [-0.1, -0.05) is 18.9 Å². The second kappa shape index (κ2) is 10.2. The highest BCUT2D eigenvalue weighted by atomic mass is 32.2. The second-order valence-electron chi connectivity index (χ2n) is 7.96. The Bertz CT molecular complexity index is 1240. The molecule has 0 bridgehead atoms. The van der Waals surface area contributed by atoms with E-state index in [4.69, 9.17) is 4.42 Å². The van der Waals surface area contributed by atoms with Crippen LogP contribution < -0.4 is 0 Å². The lowest BCUT2D eigenvalue weighted by Gasteiger charge is -2.22. The fraction of sp³-hybridized carbons (Fsp3) is 0.348. The summed E-state index contributed by atoms with van der Waals surface area (Å²) in [5, 5.41) is 0. The minimum Gasteiger partial charge on any atom is -0.468 e. The van der Waals surface area contributed by atoms with Crippen LogP contribution in [0.4, 0.5) is 0 Å². The summed E-state index contributed by atoms with van der Waals surface area (Å²) >= 11 is 0. The lowest BCUT2D eigenvalue weighted by Crippen LogP contribution is -2.32. The zero-order chi connectivity index (χ0) is 23.3. The van der Waals surface area contributed by atoms with Crippen molar-refractivity contribution in [3.8, 4) is 0 Å². The van der Waals surface area contributed by atoms with Crippen LogP contribution in [0, 0.1) is 0 Å². The molecule has 0 amide bonds. The Kier molecular flexibility index (Phi) is 7.28. The maximum atomic E-state index is 13.5. The van der Waals surface area contributed by atoms with E-state index in [1.165, 1.54) is 39.1 Å². The fourth-order valence-electron chi connectivity index (χ4n) is 3.84. The number of hydrogen-bond acceptors (Lipinski definition) is 6. The van der Waals surface area contributed by atoms with Gasteiger partial charge in [-0.05, 0) is 61.4 Å². The van der Waals surface area contributed by atoms with E-state index in [9.17, 15) is 16.8 Å². The monoisotopic (exact) mass is 489 g/mol. The van der Waals surface area contributed by atoms with Crippen molar-refractivity contribution in [2.75, 3.05) is 13.1 Å². The van der Waals surface area contributed by atoms with E-state index in [1.54, 1.807) is 36.5 Å². The molecular formula is C23H27N3O5S2. The maximum Gasteiger partial charge on any atom is 0.243 e. The SMILES string of the molecule is O=S(=O)(c1ccc(S(=O)(=O)N(Cc2ccccn2)Cc2ccco2)cc1)N1CCCCCC1. The molecule has 1 fully saturated rings. The van der Waals surface area contributed by atoms with Gasteiger partial charge in [-0.15, -0.1) is 0 Å². The van der Waals surface area contributed by atoms with E-state index in [-0.39, 0.29) is 22.9 Å². The number of hydrogen-bond donors (Lipinski definition) is 0. The zero-order valence-electron chi connectivity index (χ0n) is 18.2. The molecule has 1 aromatic carbocycles. The lowest BCUT2D eigenvalue weighted by atomic mass is 10.2. The predicted octanol–water partition coefficient (Wildman–Crippen LogP) is 3.63. The number of rotatable bonds is 8. The minimum atomic E-state index is -3.94. The predicted molar refractivity (Wildman–Crippen MR) is 123 cm³/mol. The summed E-state index contributed by atoms with van der Waals surface area (Å²) in [7, 11) is -7.60. The summed E-state index contributed by atoms with van der Waals surface area (Å²) in [6.45, 7) is 1.06. The van der Waals surface area contributed by atoms with Crippen molar-refractivity contribution in [2.45, 2.75) is 48.6 Å². The smallest absolute Gasteiger partial charge is 0.243 e. The average Bonchev–Trinajstić information content (AvgIpc) is 3.17. The maximum absolute atomic E-state index is 13.5. The Hall–Kier alpha value is -2.53. The molecule has 10 heteroatoms. The van der Waals surface area contributed by atoms with Gasteiger partial charge in [-0.2, -0.15) is 8.61 Å². The summed E-state index contributed by atoms with van der Waals surface area (Å²) in [6.07, 6.45) is 6.80. The molecule has 8 nitrogen and oxygen atoms in total. The van der Waals surface area contributed by atoms with Crippen LogP contribution in [0.25, 0.3) is 0 Å². The van der Waals surface area contributed by atoms with E-state index >= 15 is 0 Å². The molecule has 0 spiro atoms. The molecule has 0 saturated carbocycles. The number of aromatic nitrogens is 1. The highest BCUT2D eigenvalue weighted by Crippen LogP contribution is 2.25. The minimum absolute atomic E-state index is 0.0137. The van der Waals surface area contributed by atoms with Gasteiger partial charge in [0.15, 0.2) is 0 Å². The molecule has 0 unspecified atom stereocenters. The molecule has 1 aliphatic heterocycles. The molecule has 0 radical (unpaired) electrons. The van der Waals surface area contributed by atoms with Gasteiger partial charge in [-0.3, -0.25) is 4.98 Å². The van der Waals surface area contributed by atoms with E-state index in [0.29, 0.717) is 24.5 Å². The lowest BCUT2D eigenvalue weighted by molar-refractivity contribution is 0.355. The Balaban J connectivity index is 1.61. The third kappa shape index (κ3) is 5.52. The third-order valence-corrected chi connectivity index (χ3v) is 9.36. The first kappa shape index (κ1) is 23.6. The highest BCUT2D eigenvalue weighted by molar-refractivity contribution is 7.89. The Morgan fingerprint density at radius 3 is 2.12 bits per heavy atom. The summed E-state index contributed by atoms with van der Waals surface area (Å²) in [5.41, 5.74) is 0.591. The molecule has 4 rings (SSSR count). The summed E-state index contributed by atoms with van der Waals surface area (Å²) < 4.78 is 61.1. The molecule has 176 valence electrons. The Labute approximate surface area is 195 Å². The van der Waals surface area contributed by atoms with E-state index < -0.39 is 20.0 Å². The summed E-state index contributed by atoms with van der Waals surface area (Å²) in [6, 6.07) is 14.2. The molecule has 1 saturated heterocycles. The van der Waals surface area contributed by atoms with Crippen molar-refractivity contribution >= 4 is 20.0 Å². The zero-order valence-corrected chi connectivity index (χ0v) is 19.8. The topological polar surface area (TPSA) is 101 Å². The van der Waals surface area contributed by atoms with Crippen LogP contribution in [-0.4, -0.2) is 43.5 Å². The largest absolute Gasteiger partial charge is 0.468 e. The number of furan rings is 1. The van der Waals surface area contributed by atoms with Crippen molar-refractivity contribution in [3.05, 3.63) is 78.5 Å². The van der Waals surface area contributed by atoms with Crippen molar-refractivity contribution < 1.29 is 21.3 Å². The Morgan fingerprint density at radius 2 is 1.52 bits per heavy atom. The van der Waals surface area contributed by atoms with Crippen LogP contribution in [0.5, 0.6) is 0 Å². The molecule has 2 aromatic heterocycles. The molecule has 3 heterocycles. The van der Waals surface area contributed by atoms with Crippen molar-refractivity contribution in [1.82, 2.24) is 13.6 Å². The van der Waals surface area contributed by atoms with Gasteiger partial charge < -0.3 is 4.42 Å². The normalized spacial score (nSPS) is 16.0. The first-order valence-corrected chi connectivity index (χ1v) is 13.8. The number of benzene rings is 1. The molecule has 33 heavy (non-hydrogen) atoms. The van der Waals surface area contributed by atoms with Crippen molar-refractivity contribution in [3.63, 3.8) is 0 Å². The molecule has 0 aliphatic carbocycles. The standard InChI is InChI=1S/C23H27N3O5S2/c27-32(28,25-15-5-1-2-6-16-25)22-10-12-23(13-11-22)33(29,30)26(19-21-9-7-17-31-21)18-20-8-3-4-14-24-20/h3-4,7-14,17H,1-2,5-6,15-16,18-19H2. The molecule has 0 atom stereocenters. The van der Waals surface area contributed by atoms with Crippen LogP contribution in [-0.2, 0) is 33.1 Å². The van der Waals surface area contributed by atoms with Gasteiger partial charge in [0.2, 0.25) is 20.0 Å². The van der Waals surface area contributed by atoms with Crippen LogP contribution in [0.2, 0.25) is 0 Å². The van der Waals surface area contributed by atoms with Crippen LogP contribution in [0.1, 0.15) is 37.1 Å². The second-order valence-corrected chi connectivity index (χ2v) is 11.8. The Morgan fingerprint density at radius 1 is 0.818 bits per heavy atom. The molecule has 0 N–H and O–H groups in total. The average molecular weight is 490 g/mol. The van der Waals surface area contributed by atoms with Crippen molar-refractivity contribution in [2.24, 2.45) is 0 Å². The first-order chi connectivity index (χ1) is 15.9. The van der Waals surface area contributed by atoms with E-state index in [1.807, 2.05) is 0 Å². The van der Waals surface area contributed by atoms with Crippen LogP contribution in [0.3, 0.4) is 0 Å². The third-order valence-electron chi connectivity index (χ3n) is 5.64. The van der Waals surface area contributed by atoms with Gasteiger partial charge in [0.05, 0.1) is 34.8 Å². The van der Waals surface area contributed by atoms with Crippen LogP contribution >= 0.6 is 0 Å². The fourth-order valence-corrected chi connectivity index (χ4v) is 6.73. The van der Waals surface area contributed by atoms with Crippen molar-refractivity contribution in [1.29, 1.82) is 0 Å².